The Hall–Kier alpha value is -3.20. The molecule has 0 bridgehead atoms. The zero-order valence-electron chi connectivity index (χ0n) is 12.7. The van der Waals surface area contributed by atoms with Gasteiger partial charge in [0, 0.05) is 11.8 Å². The van der Waals surface area contributed by atoms with Crippen LogP contribution < -0.4 is 11.3 Å². The highest BCUT2D eigenvalue weighted by Gasteiger charge is 2.36. The smallest absolute Gasteiger partial charge is 0.290 e. The summed E-state index contributed by atoms with van der Waals surface area (Å²) in [6.07, 6.45) is -3.49. The third-order valence-electron chi connectivity index (χ3n) is 3.43. The Morgan fingerprint density at radius 3 is 2.40 bits per heavy atom. The number of nitrogens with zero attached hydrogens (tertiary/aromatic N) is 3. The van der Waals surface area contributed by atoms with Crippen LogP contribution >= 0.6 is 0 Å². The van der Waals surface area contributed by atoms with Crippen LogP contribution in [0.4, 0.5) is 13.2 Å². The number of nitrogens with one attached hydrogen (secondary N) is 1. The lowest BCUT2D eigenvalue weighted by atomic mass is 10.1. The summed E-state index contributed by atoms with van der Waals surface area (Å²) in [5.41, 5.74) is 1.79. The summed E-state index contributed by atoms with van der Waals surface area (Å²) in [5, 5.41) is 4.02. The number of amides is 1. The summed E-state index contributed by atoms with van der Waals surface area (Å²) in [5.74, 6) is 4.35. The SMILES string of the molecule is NNC(=O)c1ccc(-n2nc(-c3ccccc3)cc2C(F)(F)F)nc1. The highest BCUT2D eigenvalue weighted by atomic mass is 19.4. The number of hydrogen-bond acceptors (Lipinski definition) is 4. The van der Waals surface area contributed by atoms with Crippen molar-refractivity contribution in [2.75, 3.05) is 0 Å². The lowest BCUT2D eigenvalue weighted by molar-refractivity contribution is -0.142. The van der Waals surface area contributed by atoms with Crippen molar-refractivity contribution >= 4 is 5.91 Å². The van der Waals surface area contributed by atoms with Crippen LogP contribution in [0.15, 0.2) is 54.7 Å². The van der Waals surface area contributed by atoms with E-state index in [9.17, 15) is 18.0 Å². The summed E-state index contributed by atoms with van der Waals surface area (Å²) in [6.45, 7) is 0. The predicted octanol–water partition coefficient (Wildman–Crippen LogP) is 2.56. The molecule has 0 radical (unpaired) electrons. The van der Waals surface area contributed by atoms with Gasteiger partial charge in [0.15, 0.2) is 11.5 Å². The van der Waals surface area contributed by atoms with Crippen LogP contribution in [0.2, 0.25) is 0 Å². The molecule has 2 aromatic heterocycles. The second-order valence-electron chi connectivity index (χ2n) is 5.07. The van der Waals surface area contributed by atoms with E-state index >= 15 is 0 Å². The second-order valence-corrected chi connectivity index (χ2v) is 5.07. The quantitative estimate of drug-likeness (QED) is 0.433. The lowest BCUT2D eigenvalue weighted by Crippen LogP contribution is -2.30. The molecule has 25 heavy (non-hydrogen) atoms. The maximum atomic E-state index is 13.4. The molecule has 0 spiro atoms. The van der Waals surface area contributed by atoms with Gasteiger partial charge in [0.1, 0.15) is 0 Å². The topological polar surface area (TPSA) is 85.8 Å². The van der Waals surface area contributed by atoms with Crippen LogP contribution in [-0.4, -0.2) is 20.7 Å². The molecule has 1 amide bonds. The Bertz CT molecular complexity index is 888. The summed E-state index contributed by atoms with van der Waals surface area (Å²) in [7, 11) is 0. The largest absolute Gasteiger partial charge is 0.433 e. The van der Waals surface area contributed by atoms with Gasteiger partial charge in [-0.1, -0.05) is 30.3 Å². The third-order valence-corrected chi connectivity index (χ3v) is 3.43. The number of halogens is 3. The molecular weight excluding hydrogens is 335 g/mol. The fraction of sp³-hybridized carbons (Fsp3) is 0.0625. The molecule has 1 aromatic carbocycles. The Morgan fingerprint density at radius 1 is 1.12 bits per heavy atom. The van der Waals surface area contributed by atoms with Crippen molar-refractivity contribution in [1.29, 1.82) is 0 Å². The Balaban J connectivity index is 2.08. The van der Waals surface area contributed by atoms with Crippen molar-refractivity contribution < 1.29 is 18.0 Å². The van der Waals surface area contributed by atoms with Gasteiger partial charge in [0.2, 0.25) is 0 Å². The summed E-state index contributed by atoms with van der Waals surface area (Å²) in [6, 6.07) is 12.0. The van der Waals surface area contributed by atoms with Crippen molar-refractivity contribution in [3.63, 3.8) is 0 Å². The number of rotatable bonds is 3. The minimum absolute atomic E-state index is 0.0666. The Morgan fingerprint density at radius 2 is 1.84 bits per heavy atom. The minimum atomic E-state index is -4.62. The number of benzene rings is 1. The molecule has 0 aliphatic heterocycles. The maximum Gasteiger partial charge on any atom is 0.433 e. The van der Waals surface area contributed by atoms with Gasteiger partial charge >= 0.3 is 6.18 Å². The van der Waals surface area contributed by atoms with Crippen molar-refractivity contribution in [1.82, 2.24) is 20.2 Å². The molecule has 6 nitrogen and oxygen atoms in total. The molecule has 9 heteroatoms. The number of aromatic nitrogens is 3. The van der Waals surface area contributed by atoms with Gasteiger partial charge in [0.25, 0.3) is 5.91 Å². The first kappa shape index (κ1) is 16.7. The van der Waals surface area contributed by atoms with Crippen molar-refractivity contribution in [2.24, 2.45) is 5.84 Å². The first-order valence-electron chi connectivity index (χ1n) is 7.10. The highest BCUT2D eigenvalue weighted by Crippen LogP contribution is 2.33. The molecule has 0 fully saturated rings. The van der Waals surface area contributed by atoms with Gasteiger partial charge in [-0.3, -0.25) is 10.2 Å². The molecular formula is C16H12F3N5O. The molecule has 0 saturated heterocycles. The average Bonchev–Trinajstić information content (AvgIpc) is 3.08. The van der Waals surface area contributed by atoms with E-state index in [1.54, 1.807) is 30.3 Å². The number of alkyl halides is 3. The summed E-state index contributed by atoms with van der Waals surface area (Å²) in [4.78, 5) is 15.3. The Kier molecular flexibility index (Phi) is 4.24. The summed E-state index contributed by atoms with van der Waals surface area (Å²) < 4.78 is 40.8. The fourth-order valence-electron chi connectivity index (χ4n) is 2.24. The molecule has 0 aliphatic carbocycles. The molecule has 0 aliphatic rings. The number of pyridine rings is 1. The first-order chi connectivity index (χ1) is 11.9. The normalized spacial score (nSPS) is 11.4. The van der Waals surface area contributed by atoms with Crippen molar-refractivity contribution in [3.05, 3.63) is 66.0 Å². The van der Waals surface area contributed by atoms with Gasteiger partial charge in [-0.05, 0) is 18.2 Å². The molecule has 0 unspecified atom stereocenters. The van der Waals surface area contributed by atoms with Crippen LogP contribution in [-0.2, 0) is 6.18 Å². The third kappa shape index (κ3) is 3.36. The molecule has 2 heterocycles. The van der Waals surface area contributed by atoms with E-state index in [1.807, 2.05) is 5.43 Å². The number of carbonyl (C=O) groups excluding carboxylic acids is 1. The van der Waals surface area contributed by atoms with Crippen LogP contribution in [0.3, 0.4) is 0 Å². The molecule has 3 aromatic rings. The second kappa shape index (κ2) is 6.36. The number of nitrogen functional groups attached to an aromatic ring is 1. The first-order valence-corrected chi connectivity index (χ1v) is 7.10. The van der Waals surface area contributed by atoms with E-state index in [0.717, 1.165) is 12.3 Å². The Labute approximate surface area is 140 Å². The van der Waals surface area contributed by atoms with Crippen molar-refractivity contribution in [2.45, 2.75) is 6.18 Å². The van der Waals surface area contributed by atoms with Crippen LogP contribution in [0.5, 0.6) is 0 Å². The van der Waals surface area contributed by atoms with Crippen LogP contribution in [0.1, 0.15) is 16.1 Å². The predicted molar refractivity (Wildman–Crippen MR) is 83.5 cm³/mol. The number of carbonyl (C=O) groups is 1. The minimum Gasteiger partial charge on any atom is -0.290 e. The zero-order valence-corrected chi connectivity index (χ0v) is 12.7. The van der Waals surface area contributed by atoms with Crippen LogP contribution in [0, 0.1) is 0 Å². The molecule has 128 valence electrons. The van der Waals surface area contributed by atoms with E-state index in [0.29, 0.717) is 10.2 Å². The van der Waals surface area contributed by atoms with Gasteiger partial charge in [-0.15, -0.1) is 0 Å². The van der Waals surface area contributed by atoms with E-state index in [-0.39, 0.29) is 17.1 Å². The standard InChI is InChI=1S/C16H12F3N5O/c17-16(18,19)13-8-12(10-4-2-1-3-5-10)23-24(13)14-7-6-11(9-21-14)15(25)22-20/h1-9H,20H2,(H,22,25). The molecule has 3 rings (SSSR count). The number of hydrogen-bond donors (Lipinski definition) is 2. The highest BCUT2D eigenvalue weighted by molar-refractivity contribution is 5.93. The van der Waals surface area contributed by atoms with Gasteiger partial charge in [-0.25, -0.2) is 15.5 Å². The zero-order chi connectivity index (χ0) is 18.0. The van der Waals surface area contributed by atoms with Crippen LogP contribution in [0.25, 0.3) is 17.1 Å². The monoisotopic (exact) mass is 347 g/mol. The van der Waals surface area contributed by atoms with Crippen molar-refractivity contribution in [3.8, 4) is 17.1 Å². The number of nitrogens with two attached hydrogens (primary N) is 1. The van der Waals surface area contributed by atoms with E-state index < -0.39 is 17.8 Å². The molecule has 0 atom stereocenters. The van der Waals surface area contributed by atoms with E-state index in [2.05, 4.69) is 10.1 Å². The van der Waals surface area contributed by atoms with Gasteiger partial charge < -0.3 is 0 Å². The average molecular weight is 347 g/mol. The summed E-state index contributed by atoms with van der Waals surface area (Å²) >= 11 is 0. The van der Waals surface area contributed by atoms with Gasteiger partial charge in [0.05, 0.1) is 11.3 Å². The molecule has 3 N–H and O–H groups in total. The van der Waals surface area contributed by atoms with Gasteiger partial charge in [-0.2, -0.15) is 18.3 Å². The number of hydrazine groups is 1. The maximum absolute atomic E-state index is 13.4. The fourth-order valence-corrected chi connectivity index (χ4v) is 2.24. The van der Waals surface area contributed by atoms with E-state index in [4.69, 9.17) is 5.84 Å². The van der Waals surface area contributed by atoms with E-state index in [1.165, 1.54) is 12.1 Å². The lowest BCUT2D eigenvalue weighted by Gasteiger charge is -2.09. The molecule has 0 saturated carbocycles.